The molecule has 0 saturated heterocycles. The van der Waals surface area contributed by atoms with E-state index in [4.69, 9.17) is 27.9 Å². The van der Waals surface area contributed by atoms with Crippen molar-refractivity contribution in [3.8, 4) is 0 Å². The van der Waals surface area contributed by atoms with Crippen molar-refractivity contribution in [3.63, 3.8) is 0 Å². The van der Waals surface area contributed by atoms with Gasteiger partial charge in [0.15, 0.2) is 0 Å². The highest BCUT2D eigenvalue weighted by molar-refractivity contribution is 7.10. The Morgan fingerprint density at radius 3 is 2.64 bits per heavy atom. The van der Waals surface area contributed by atoms with E-state index in [2.05, 4.69) is 39.1 Å². The van der Waals surface area contributed by atoms with Gasteiger partial charge in [0.05, 0.1) is 12.6 Å². The third-order valence-corrected chi connectivity index (χ3v) is 8.04. The normalized spacial score (nSPS) is 16.5. The Bertz CT molecular complexity index is 1050. The minimum Gasteiger partial charge on any atom is -0.385 e. The standard InChI is InChI=1S/C28H38Cl2N2O3S/c1-19(17-28(2,3)4)15-25(33)31(11-6-13-35-5)18-26(34)32-12-9-24-22(10-14-36-24)27(32)21-8-7-20(29)16-23(21)30/h7-8,10,14,16,19,27H,6,9,11-13,15,17-18H2,1-5H3. The van der Waals surface area contributed by atoms with Crippen LogP contribution in [0.5, 0.6) is 0 Å². The van der Waals surface area contributed by atoms with Gasteiger partial charge in [-0.2, -0.15) is 0 Å². The second kappa shape index (κ2) is 12.8. The van der Waals surface area contributed by atoms with Gasteiger partial charge in [-0.15, -0.1) is 11.3 Å². The number of benzene rings is 1. The molecule has 1 aliphatic heterocycles. The summed E-state index contributed by atoms with van der Waals surface area (Å²) in [6.45, 7) is 10.3. The summed E-state index contributed by atoms with van der Waals surface area (Å²) in [7, 11) is 1.65. The van der Waals surface area contributed by atoms with E-state index in [1.165, 1.54) is 4.88 Å². The monoisotopic (exact) mass is 552 g/mol. The highest BCUT2D eigenvalue weighted by Gasteiger charge is 2.35. The predicted octanol–water partition coefficient (Wildman–Crippen LogP) is 6.86. The largest absolute Gasteiger partial charge is 0.385 e. The molecule has 0 saturated carbocycles. The topological polar surface area (TPSA) is 49.9 Å². The van der Waals surface area contributed by atoms with Gasteiger partial charge in [0.1, 0.15) is 0 Å². The van der Waals surface area contributed by atoms with Crippen LogP contribution in [-0.2, 0) is 20.7 Å². The molecule has 1 aromatic carbocycles. The van der Waals surface area contributed by atoms with Crippen LogP contribution in [0.2, 0.25) is 10.0 Å². The van der Waals surface area contributed by atoms with E-state index in [1.54, 1.807) is 29.4 Å². The predicted molar refractivity (Wildman–Crippen MR) is 149 cm³/mol. The Morgan fingerprint density at radius 1 is 1.22 bits per heavy atom. The Balaban J connectivity index is 1.83. The fourth-order valence-corrected chi connectivity index (χ4v) is 6.55. The lowest BCUT2D eigenvalue weighted by Gasteiger charge is -2.38. The van der Waals surface area contributed by atoms with Gasteiger partial charge in [-0.25, -0.2) is 0 Å². The maximum atomic E-state index is 13.8. The van der Waals surface area contributed by atoms with E-state index in [0.717, 1.165) is 24.0 Å². The van der Waals surface area contributed by atoms with Crippen LogP contribution in [0.1, 0.15) is 69.0 Å². The van der Waals surface area contributed by atoms with E-state index >= 15 is 0 Å². The molecule has 2 aromatic rings. The number of hydrogen-bond acceptors (Lipinski definition) is 4. The highest BCUT2D eigenvalue weighted by atomic mass is 35.5. The molecule has 0 fully saturated rings. The van der Waals surface area contributed by atoms with Crippen molar-refractivity contribution in [1.82, 2.24) is 9.80 Å². The maximum Gasteiger partial charge on any atom is 0.242 e. The van der Waals surface area contributed by atoms with Gasteiger partial charge in [0.25, 0.3) is 0 Å². The maximum absolute atomic E-state index is 13.8. The number of thiophene rings is 1. The van der Waals surface area contributed by atoms with Gasteiger partial charge in [-0.05, 0) is 65.3 Å². The van der Waals surface area contributed by atoms with Crippen LogP contribution in [0.3, 0.4) is 0 Å². The van der Waals surface area contributed by atoms with Gasteiger partial charge in [-0.1, -0.05) is 57.0 Å². The zero-order valence-electron chi connectivity index (χ0n) is 22.0. The molecule has 198 valence electrons. The number of rotatable bonds is 10. The first-order chi connectivity index (χ1) is 17.0. The summed E-state index contributed by atoms with van der Waals surface area (Å²) < 4.78 is 5.21. The molecule has 0 spiro atoms. The van der Waals surface area contributed by atoms with Crippen LogP contribution in [-0.4, -0.2) is 55.0 Å². The molecular formula is C28H38Cl2N2O3S. The molecule has 2 atom stereocenters. The smallest absolute Gasteiger partial charge is 0.242 e. The zero-order chi connectivity index (χ0) is 26.5. The average Bonchev–Trinajstić information content (AvgIpc) is 3.25. The van der Waals surface area contributed by atoms with Gasteiger partial charge in [-0.3, -0.25) is 9.59 Å². The van der Waals surface area contributed by atoms with Crippen LogP contribution in [0.15, 0.2) is 29.6 Å². The number of hydrogen-bond donors (Lipinski definition) is 0. The van der Waals surface area contributed by atoms with Crippen LogP contribution >= 0.6 is 34.5 Å². The minimum absolute atomic E-state index is 0.0190. The lowest BCUT2D eigenvalue weighted by Crippen LogP contribution is -2.47. The molecule has 1 aliphatic rings. The molecular weight excluding hydrogens is 515 g/mol. The summed E-state index contributed by atoms with van der Waals surface area (Å²) in [6, 6.07) is 7.21. The van der Waals surface area contributed by atoms with E-state index in [1.807, 2.05) is 17.0 Å². The van der Waals surface area contributed by atoms with Gasteiger partial charge in [0, 0.05) is 48.1 Å². The number of amides is 2. The zero-order valence-corrected chi connectivity index (χ0v) is 24.3. The number of nitrogens with zero attached hydrogens (tertiary/aromatic N) is 2. The fraction of sp³-hybridized carbons (Fsp3) is 0.571. The molecule has 5 nitrogen and oxygen atoms in total. The molecule has 3 rings (SSSR count). The third-order valence-electron chi connectivity index (χ3n) is 6.48. The van der Waals surface area contributed by atoms with Crippen molar-refractivity contribution in [2.75, 3.05) is 33.4 Å². The molecule has 2 heterocycles. The average molecular weight is 554 g/mol. The van der Waals surface area contributed by atoms with Gasteiger partial charge < -0.3 is 14.5 Å². The highest BCUT2D eigenvalue weighted by Crippen LogP contribution is 2.41. The SMILES string of the molecule is COCCCN(CC(=O)N1CCc2sccc2C1c1ccc(Cl)cc1Cl)C(=O)CC(C)CC(C)(C)C. The second-order valence-corrected chi connectivity index (χ2v) is 12.8. The van der Waals surface area contributed by atoms with E-state index in [9.17, 15) is 9.59 Å². The number of ether oxygens (including phenoxy) is 1. The van der Waals surface area contributed by atoms with Crippen molar-refractivity contribution in [2.24, 2.45) is 11.3 Å². The molecule has 0 bridgehead atoms. The lowest BCUT2D eigenvalue weighted by atomic mass is 9.84. The summed E-state index contributed by atoms with van der Waals surface area (Å²) in [4.78, 5) is 32.0. The van der Waals surface area contributed by atoms with Crippen molar-refractivity contribution in [2.45, 2.75) is 59.4 Å². The molecule has 0 radical (unpaired) electrons. The summed E-state index contributed by atoms with van der Waals surface area (Å²) in [5, 5.41) is 3.16. The number of carbonyl (C=O) groups excluding carboxylic acids is 2. The van der Waals surface area contributed by atoms with Gasteiger partial charge in [0.2, 0.25) is 11.8 Å². The third kappa shape index (κ3) is 7.70. The summed E-state index contributed by atoms with van der Waals surface area (Å²) in [6.07, 6.45) is 2.85. The summed E-state index contributed by atoms with van der Waals surface area (Å²) in [5.74, 6) is 0.184. The van der Waals surface area contributed by atoms with E-state index in [-0.39, 0.29) is 35.7 Å². The van der Waals surface area contributed by atoms with Crippen LogP contribution in [0, 0.1) is 11.3 Å². The molecule has 1 aromatic heterocycles. The fourth-order valence-electron chi connectivity index (χ4n) is 5.13. The number of carbonyl (C=O) groups is 2. The molecule has 36 heavy (non-hydrogen) atoms. The van der Waals surface area contributed by atoms with Crippen LogP contribution < -0.4 is 0 Å². The van der Waals surface area contributed by atoms with E-state index < -0.39 is 0 Å². The summed E-state index contributed by atoms with van der Waals surface area (Å²) in [5.41, 5.74) is 2.10. The quantitative estimate of drug-likeness (QED) is 0.302. The van der Waals surface area contributed by atoms with Gasteiger partial charge >= 0.3 is 0 Å². The van der Waals surface area contributed by atoms with Crippen molar-refractivity contribution >= 4 is 46.4 Å². The van der Waals surface area contributed by atoms with Crippen molar-refractivity contribution in [3.05, 3.63) is 55.7 Å². The first-order valence-corrected chi connectivity index (χ1v) is 14.2. The Labute approximate surface area is 229 Å². The molecule has 0 aliphatic carbocycles. The first-order valence-electron chi connectivity index (χ1n) is 12.6. The molecule has 2 unspecified atom stereocenters. The Hall–Kier alpha value is -1.60. The Kier molecular flexibility index (Phi) is 10.3. The minimum atomic E-state index is -0.298. The molecule has 8 heteroatoms. The number of methoxy groups -OCH3 is 1. The lowest BCUT2D eigenvalue weighted by molar-refractivity contribution is -0.142. The Morgan fingerprint density at radius 2 is 1.97 bits per heavy atom. The summed E-state index contributed by atoms with van der Waals surface area (Å²) >= 11 is 14.5. The molecule has 2 amide bonds. The van der Waals surface area contributed by atoms with Crippen molar-refractivity contribution < 1.29 is 14.3 Å². The van der Waals surface area contributed by atoms with Crippen LogP contribution in [0.25, 0.3) is 0 Å². The van der Waals surface area contributed by atoms with E-state index in [0.29, 0.717) is 42.6 Å². The second-order valence-electron chi connectivity index (χ2n) is 10.9. The molecule has 0 N–H and O–H groups in total. The number of halogens is 2. The van der Waals surface area contributed by atoms with Crippen molar-refractivity contribution in [1.29, 1.82) is 0 Å². The first kappa shape index (κ1) is 29.0. The number of fused-ring (bicyclic) bond motifs is 1. The van der Waals surface area contributed by atoms with Crippen LogP contribution in [0.4, 0.5) is 0 Å².